The first kappa shape index (κ1) is 19.1. The van der Waals surface area contributed by atoms with Gasteiger partial charge in [-0.05, 0) is 12.8 Å². The van der Waals surface area contributed by atoms with Crippen molar-refractivity contribution in [2.45, 2.75) is 26.1 Å². The molecule has 3 aliphatic rings. The lowest BCUT2D eigenvalue weighted by Crippen LogP contribution is -2.36. The zero-order valence-corrected chi connectivity index (χ0v) is 15.4. The van der Waals surface area contributed by atoms with Gasteiger partial charge in [-0.25, -0.2) is 0 Å². The lowest BCUT2D eigenvalue weighted by molar-refractivity contribution is -0.385. The summed E-state index contributed by atoms with van der Waals surface area (Å²) in [5, 5.41) is 11.1. The van der Waals surface area contributed by atoms with Crippen molar-refractivity contribution in [3.63, 3.8) is 0 Å². The Hall–Kier alpha value is -3.27. The number of imide groups is 1. The van der Waals surface area contributed by atoms with Gasteiger partial charge in [-0.1, -0.05) is 12.2 Å². The molecule has 1 fully saturated rings. The molecule has 1 aromatic carbocycles. The highest BCUT2D eigenvalue weighted by Crippen LogP contribution is 2.35. The summed E-state index contributed by atoms with van der Waals surface area (Å²) in [5.41, 5.74) is 0.631. The number of ether oxygens (including phenoxy) is 3. The molecule has 1 aliphatic carbocycles. The second kappa shape index (κ2) is 7.63. The fraction of sp³-hybridized carbons (Fsp3) is 0.421. The largest absolute Gasteiger partial charge is 0.467 e. The van der Waals surface area contributed by atoms with E-state index in [9.17, 15) is 24.5 Å². The van der Waals surface area contributed by atoms with Gasteiger partial charge in [-0.3, -0.25) is 29.4 Å². The first-order chi connectivity index (χ1) is 14.0. The number of esters is 1. The third-order valence-electron chi connectivity index (χ3n) is 5.26. The van der Waals surface area contributed by atoms with Gasteiger partial charge in [-0.15, -0.1) is 0 Å². The van der Waals surface area contributed by atoms with E-state index in [-0.39, 0.29) is 37.5 Å². The van der Waals surface area contributed by atoms with E-state index in [0.29, 0.717) is 29.7 Å². The van der Waals surface area contributed by atoms with Gasteiger partial charge in [0.1, 0.15) is 18.9 Å². The Morgan fingerprint density at radius 3 is 2.55 bits per heavy atom. The number of hydrogen-bond donors (Lipinski definition) is 0. The number of rotatable bonds is 5. The quantitative estimate of drug-likeness (QED) is 0.238. The molecule has 10 heteroatoms. The van der Waals surface area contributed by atoms with Crippen molar-refractivity contribution in [1.29, 1.82) is 0 Å². The van der Waals surface area contributed by atoms with E-state index in [4.69, 9.17) is 14.2 Å². The van der Waals surface area contributed by atoms with Crippen molar-refractivity contribution >= 4 is 23.5 Å². The standard InChI is InChI=1S/C19H18N2O8/c22-16(7-20-18(23)14-3-1-2-4-15(14)19(20)24)28-9-12-6-13(21(25)26)5-11-8-27-10-29-17(11)12/h1-2,5-6,14-15H,3-4,7-10H2/t14-,15+. The average molecular weight is 402 g/mol. The number of allylic oxidation sites excluding steroid dienone is 2. The Morgan fingerprint density at radius 2 is 1.90 bits per heavy atom. The van der Waals surface area contributed by atoms with Gasteiger partial charge in [0.2, 0.25) is 11.8 Å². The van der Waals surface area contributed by atoms with Gasteiger partial charge in [0, 0.05) is 23.3 Å². The molecular formula is C19H18N2O8. The molecule has 2 heterocycles. The summed E-state index contributed by atoms with van der Waals surface area (Å²) in [5.74, 6) is -1.97. The average Bonchev–Trinajstić information content (AvgIpc) is 2.97. The molecule has 2 aliphatic heterocycles. The van der Waals surface area contributed by atoms with Crippen molar-refractivity contribution in [1.82, 2.24) is 4.90 Å². The van der Waals surface area contributed by atoms with Gasteiger partial charge in [0.25, 0.3) is 5.69 Å². The van der Waals surface area contributed by atoms with Crippen LogP contribution < -0.4 is 4.74 Å². The number of benzene rings is 1. The highest BCUT2D eigenvalue weighted by molar-refractivity contribution is 6.07. The molecule has 4 rings (SSSR count). The molecule has 152 valence electrons. The molecule has 2 atom stereocenters. The minimum absolute atomic E-state index is 0.0145. The Kier molecular flexibility index (Phi) is 5.01. The van der Waals surface area contributed by atoms with Crippen LogP contribution in [0.25, 0.3) is 0 Å². The number of likely N-dealkylation sites (tertiary alicyclic amines) is 1. The van der Waals surface area contributed by atoms with Crippen molar-refractivity contribution in [3.05, 3.63) is 45.5 Å². The monoisotopic (exact) mass is 402 g/mol. The molecule has 0 N–H and O–H groups in total. The second-order valence-electron chi connectivity index (χ2n) is 7.04. The van der Waals surface area contributed by atoms with Gasteiger partial charge < -0.3 is 14.2 Å². The van der Waals surface area contributed by atoms with Crippen LogP contribution in [-0.2, 0) is 37.1 Å². The van der Waals surface area contributed by atoms with Crippen LogP contribution in [-0.4, -0.2) is 40.9 Å². The predicted octanol–water partition coefficient (Wildman–Crippen LogP) is 1.46. The number of fused-ring (bicyclic) bond motifs is 2. The maximum Gasteiger partial charge on any atom is 0.326 e. The number of nitro benzene ring substituents is 1. The summed E-state index contributed by atoms with van der Waals surface area (Å²) in [6.45, 7) is -0.635. The zero-order chi connectivity index (χ0) is 20.5. The Bertz CT molecular complexity index is 899. The molecule has 29 heavy (non-hydrogen) atoms. The van der Waals surface area contributed by atoms with Crippen LogP contribution in [0.2, 0.25) is 0 Å². The van der Waals surface area contributed by atoms with E-state index in [0.717, 1.165) is 4.90 Å². The maximum absolute atomic E-state index is 12.4. The smallest absolute Gasteiger partial charge is 0.326 e. The maximum atomic E-state index is 12.4. The van der Waals surface area contributed by atoms with Crippen LogP contribution in [0.1, 0.15) is 24.0 Å². The normalized spacial score (nSPS) is 22.7. The molecule has 1 saturated heterocycles. The van der Waals surface area contributed by atoms with Crippen LogP contribution in [0.4, 0.5) is 5.69 Å². The second-order valence-corrected chi connectivity index (χ2v) is 7.04. The van der Waals surface area contributed by atoms with Crippen LogP contribution in [0.5, 0.6) is 5.75 Å². The summed E-state index contributed by atoms with van der Waals surface area (Å²) >= 11 is 0. The fourth-order valence-corrected chi connectivity index (χ4v) is 3.85. The van der Waals surface area contributed by atoms with Crippen LogP contribution in [0.15, 0.2) is 24.3 Å². The van der Waals surface area contributed by atoms with Crippen LogP contribution in [0, 0.1) is 22.0 Å². The molecular weight excluding hydrogens is 384 g/mol. The number of nitro groups is 1. The Labute approximate surface area is 165 Å². The summed E-state index contributed by atoms with van der Waals surface area (Å²) < 4.78 is 15.7. The molecule has 0 radical (unpaired) electrons. The summed E-state index contributed by atoms with van der Waals surface area (Å²) in [6, 6.07) is 2.61. The number of amides is 2. The lowest BCUT2D eigenvalue weighted by Gasteiger charge is -2.20. The SMILES string of the molecule is O=C(CN1C(=O)[C@H]2CC=CC[C@H]2C1=O)OCc1cc([N+](=O)[O-])cc2c1OCOC2. The molecule has 0 spiro atoms. The van der Waals surface area contributed by atoms with E-state index in [1.165, 1.54) is 12.1 Å². The number of nitrogens with zero attached hydrogens (tertiary/aromatic N) is 2. The van der Waals surface area contributed by atoms with Crippen molar-refractivity contribution in [2.75, 3.05) is 13.3 Å². The van der Waals surface area contributed by atoms with Crippen molar-refractivity contribution in [3.8, 4) is 5.75 Å². The molecule has 10 nitrogen and oxygen atoms in total. The molecule has 0 bridgehead atoms. The van der Waals surface area contributed by atoms with E-state index in [1.54, 1.807) is 0 Å². The van der Waals surface area contributed by atoms with Gasteiger partial charge in [0.15, 0.2) is 6.79 Å². The third kappa shape index (κ3) is 3.58. The van der Waals surface area contributed by atoms with Gasteiger partial charge in [0.05, 0.1) is 23.4 Å². The lowest BCUT2D eigenvalue weighted by atomic mass is 9.85. The molecule has 0 unspecified atom stereocenters. The number of carbonyl (C=O) groups excluding carboxylic acids is 3. The number of non-ortho nitro benzene ring substituents is 1. The van der Waals surface area contributed by atoms with Crippen LogP contribution >= 0.6 is 0 Å². The minimum atomic E-state index is -0.773. The summed E-state index contributed by atoms with van der Waals surface area (Å²) in [4.78, 5) is 48.6. The summed E-state index contributed by atoms with van der Waals surface area (Å²) in [6.07, 6.45) is 4.70. The molecule has 2 amide bonds. The first-order valence-corrected chi connectivity index (χ1v) is 9.12. The first-order valence-electron chi connectivity index (χ1n) is 9.12. The molecule has 0 aromatic heterocycles. The fourth-order valence-electron chi connectivity index (χ4n) is 3.85. The van der Waals surface area contributed by atoms with Crippen molar-refractivity contribution in [2.24, 2.45) is 11.8 Å². The van der Waals surface area contributed by atoms with E-state index >= 15 is 0 Å². The zero-order valence-electron chi connectivity index (χ0n) is 15.4. The van der Waals surface area contributed by atoms with E-state index in [1.807, 2.05) is 12.2 Å². The third-order valence-corrected chi connectivity index (χ3v) is 5.26. The van der Waals surface area contributed by atoms with Gasteiger partial charge >= 0.3 is 5.97 Å². The van der Waals surface area contributed by atoms with Gasteiger partial charge in [-0.2, -0.15) is 0 Å². The topological polar surface area (TPSA) is 125 Å². The van der Waals surface area contributed by atoms with E-state index < -0.39 is 29.3 Å². The Balaban J connectivity index is 1.44. The van der Waals surface area contributed by atoms with E-state index in [2.05, 4.69) is 0 Å². The minimum Gasteiger partial charge on any atom is -0.467 e. The number of hydrogen-bond acceptors (Lipinski definition) is 8. The molecule has 0 saturated carbocycles. The van der Waals surface area contributed by atoms with Crippen LogP contribution in [0.3, 0.4) is 0 Å². The molecule has 1 aromatic rings. The Morgan fingerprint density at radius 1 is 1.21 bits per heavy atom. The highest BCUT2D eigenvalue weighted by atomic mass is 16.7. The summed E-state index contributed by atoms with van der Waals surface area (Å²) in [7, 11) is 0. The predicted molar refractivity (Wildman–Crippen MR) is 95.3 cm³/mol. The number of carbonyl (C=O) groups is 3. The van der Waals surface area contributed by atoms with Crippen molar-refractivity contribution < 1.29 is 33.5 Å². The highest BCUT2D eigenvalue weighted by Gasteiger charge is 2.47.